The van der Waals surface area contributed by atoms with Crippen LogP contribution in [0.2, 0.25) is 0 Å². The molecule has 0 unspecified atom stereocenters. The van der Waals surface area contributed by atoms with Crippen LogP contribution in [0.25, 0.3) is 0 Å². The van der Waals surface area contributed by atoms with Gasteiger partial charge in [0.15, 0.2) is 51.7 Å². The van der Waals surface area contributed by atoms with Crippen LogP contribution < -0.4 is 18.9 Å². The van der Waals surface area contributed by atoms with Crippen LogP contribution in [-0.4, -0.2) is 74.8 Å². The molecule has 0 aliphatic heterocycles. The van der Waals surface area contributed by atoms with Gasteiger partial charge in [-0.15, -0.1) is 0 Å². The number of esters is 4. The predicted molar refractivity (Wildman–Crippen MR) is 165 cm³/mol. The van der Waals surface area contributed by atoms with E-state index in [0.717, 1.165) is 12.1 Å². The van der Waals surface area contributed by atoms with Crippen molar-refractivity contribution >= 4 is 23.9 Å². The SMILES string of the molecule is O=C(Oc1cccnc1)c1cc(O)c(O)c(OC(=O)c2cc(O)c(O)c(OC(=O)c3cc(O)c(O)c(OC(=O)c4cc(O)c(O)c(O)c4)c3)c2)c1. The summed E-state index contributed by atoms with van der Waals surface area (Å²) in [6, 6.07) is 8.71. The Morgan fingerprint density at radius 1 is 0.431 bits per heavy atom. The molecule has 260 valence electrons. The van der Waals surface area contributed by atoms with E-state index in [1.807, 2.05) is 0 Å². The van der Waals surface area contributed by atoms with Crippen molar-refractivity contribution in [1.82, 2.24) is 4.98 Å². The van der Waals surface area contributed by atoms with E-state index in [0.29, 0.717) is 36.4 Å². The van der Waals surface area contributed by atoms with Gasteiger partial charge < -0.3 is 64.9 Å². The topological polar surface area (TPSA) is 300 Å². The van der Waals surface area contributed by atoms with Gasteiger partial charge in [0.05, 0.1) is 28.5 Å². The fraction of sp³-hybridized carbons (Fsp3) is 0. The number of benzene rings is 4. The molecule has 5 aromatic rings. The fourth-order valence-corrected chi connectivity index (χ4v) is 4.14. The number of hydrogen-bond acceptors (Lipinski definition) is 18. The zero-order chi connectivity index (χ0) is 37.1. The number of hydrogen-bond donors (Lipinski definition) is 9. The number of rotatable bonds is 8. The largest absolute Gasteiger partial charge is 0.504 e. The minimum absolute atomic E-state index is 0.0337. The summed E-state index contributed by atoms with van der Waals surface area (Å²) < 4.78 is 20.2. The molecular weight excluding hydrogens is 682 g/mol. The van der Waals surface area contributed by atoms with Gasteiger partial charge in [-0.3, -0.25) is 4.98 Å². The Bertz CT molecular complexity index is 2210. The molecule has 18 nitrogen and oxygen atoms in total. The lowest BCUT2D eigenvalue weighted by atomic mass is 10.1. The molecule has 18 heteroatoms. The third-order valence-electron chi connectivity index (χ3n) is 6.63. The summed E-state index contributed by atoms with van der Waals surface area (Å²) in [7, 11) is 0. The number of aromatic hydroxyl groups is 9. The molecule has 1 aromatic heterocycles. The zero-order valence-electron chi connectivity index (χ0n) is 25.2. The Labute approximate surface area is 283 Å². The van der Waals surface area contributed by atoms with Crippen molar-refractivity contribution < 1.29 is 84.1 Å². The molecule has 0 aliphatic carbocycles. The molecule has 0 amide bonds. The number of phenols is 9. The number of carbonyl (C=O) groups excluding carboxylic acids is 4. The monoisotopic (exact) mass is 703 g/mol. The highest BCUT2D eigenvalue weighted by atomic mass is 16.6. The second kappa shape index (κ2) is 13.7. The Kier molecular flexibility index (Phi) is 9.24. The average Bonchev–Trinajstić information content (AvgIpc) is 3.09. The number of phenolic OH excluding ortho intramolecular Hbond substituents is 9. The molecule has 0 atom stereocenters. The zero-order valence-corrected chi connectivity index (χ0v) is 25.2. The summed E-state index contributed by atoms with van der Waals surface area (Å²) in [5.41, 5.74) is -2.15. The van der Waals surface area contributed by atoms with Crippen LogP contribution in [0.5, 0.6) is 74.7 Å². The van der Waals surface area contributed by atoms with Gasteiger partial charge in [0.1, 0.15) is 5.75 Å². The number of pyridine rings is 1. The van der Waals surface area contributed by atoms with Crippen molar-refractivity contribution in [3.8, 4) is 74.7 Å². The van der Waals surface area contributed by atoms with E-state index in [1.165, 1.54) is 24.5 Å². The quantitative estimate of drug-likeness (QED) is 0.0636. The third-order valence-corrected chi connectivity index (χ3v) is 6.63. The van der Waals surface area contributed by atoms with E-state index >= 15 is 0 Å². The molecule has 51 heavy (non-hydrogen) atoms. The van der Waals surface area contributed by atoms with Crippen LogP contribution >= 0.6 is 0 Å². The summed E-state index contributed by atoms with van der Waals surface area (Å²) >= 11 is 0. The van der Waals surface area contributed by atoms with E-state index in [-0.39, 0.29) is 11.3 Å². The Morgan fingerprint density at radius 2 is 0.745 bits per heavy atom. The van der Waals surface area contributed by atoms with Crippen LogP contribution in [0.1, 0.15) is 41.4 Å². The minimum Gasteiger partial charge on any atom is -0.504 e. The van der Waals surface area contributed by atoms with Crippen molar-refractivity contribution in [2.24, 2.45) is 0 Å². The maximum Gasteiger partial charge on any atom is 0.343 e. The van der Waals surface area contributed by atoms with Crippen LogP contribution in [-0.2, 0) is 0 Å². The lowest BCUT2D eigenvalue weighted by Gasteiger charge is -2.13. The summed E-state index contributed by atoms with van der Waals surface area (Å²) in [6.45, 7) is 0. The van der Waals surface area contributed by atoms with Crippen molar-refractivity contribution in [2.75, 3.05) is 0 Å². The first-order valence-corrected chi connectivity index (χ1v) is 13.8. The molecule has 1 heterocycles. The van der Waals surface area contributed by atoms with Crippen LogP contribution in [0.4, 0.5) is 0 Å². The Morgan fingerprint density at radius 3 is 1.08 bits per heavy atom. The first kappa shape index (κ1) is 34.4. The van der Waals surface area contributed by atoms with Gasteiger partial charge in [0.25, 0.3) is 0 Å². The average molecular weight is 704 g/mol. The minimum atomic E-state index is -1.43. The normalized spacial score (nSPS) is 10.6. The van der Waals surface area contributed by atoms with Crippen molar-refractivity contribution in [1.29, 1.82) is 0 Å². The van der Waals surface area contributed by atoms with Crippen LogP contribution in [0.15, 0.2) is 73.1 Å². The molecule has 9 N–H and O–H groups in total. The van der Waals surface area contributed by atoms with Crippen molar-refractivity contribution in [3.63, 3.8) is 0 Å². The maximum absolute atomic E-state index is 13.0. The summed E-state index contributed by atoms with van der Waals surface area (Å²) in [6.07, 6.45) is 2.64. The highest BCUT2D eigenvalue weighted by Gasteiger charge is 2.25. The molecule has 4 aromatic carbocycles. The van der Waals surface area contributed by atoms with E-state index in [9.17, 15) is 65.1 Å². The molecule has 0 radical (unpaired) electrons. The Balaban J connectivity index is 1.37. The molecular formula is C33H21NO17. The molecule has 0 bridgehead atoms. The second-order valence-corrected chi connectivity index (χ2v) is 10.1. The number of aromatic nitrogens is 1. The van der Waals surface area contributed by atoms with E-state index < -0.39 is 110 Å². The smallest absolute Gasteiger partial charge is 0.343 e. The van der Waals surface area contributed by atoms with Gasteiger partial charge in [-0.05, 0) is 60.7 Å². The van der Waals surface area contributed by atoms with Gasteiger partial charge in [-0.1, -0.05) is 0 Å². The second-order valence-electron chi connectivity index (χ2n) is 10.1. The number of carbonyl (C=O) groups is 4. The maximum atomic E-state index is 13.0. The molecule has 0 saturated carbocycles. The Hall–Kier alpha value is -7.89. The summed E-state index contributed by atoms with van der Waals surface area (Å²) in [5.74, 6) is -16.3. The molecule has 0 fully saturated rings. The van der Waals surface area contributed by atoms with Gasteiger partial charge in [0, 0.05) is 6.20 Å². The third kappa shape index (κ3) is 7.33. The molecule has 0 saturated heterocycles. The van der Waals surface area contributed by atoms with Gasteiger partial charge in [0.2, 0.25) is 17.2 Å². The molecule has 5 rings (SSSR count). The van der Waals surface area contributed by atoms with Crippen LogP contribution in [0.3, 0.4) is 0 Å². The van der Waals surface area contributed by atoms with E-state index in [1.54, 1.807) is 0 Å². The van der Waals surface area contributed by atoms with Gasteiger partial charge in [-0.25, -0.2) is 19.2 Å². The fourth-order valence-electron chi connectivity index (χ4n) is 4.14. The standard InChI is InChI=1S/C33H21NO17/c35-18-4-13(5-19(36)26(18)40)31(45)49-24-10-15(7-21(38)28(24)42)33(47)51-25-11-16(8-22(39)29(25)43)32(46)50-23-9-14(6-20(37)27(23)41)30(44)48-17-2-1-3-34-12-17/h1-12,35-43H. The number of nitrogens with zero attached hydrogens (tertiary/aromatic N) is 1. The first-order chi connectivity index (χ1) is 24.1. The van der Waals surface area contributed by atoms with E-state index in [2.05, 4.69) is 4.98 Å². The summed E-state index contributed by atoms with van der Waals surface area (Å²) in [4.78, 5) is 54.9. The van der Waals surface area contributed by atoms with Crippen molar-refractivity contribution in [2.45, 2.75) is 0 Å². The van der Waals surface area contributed by atoms with Gasteiger partial charge >= 0.3 is 23.9 Å². The summed E-state index contributed by atoms with van der Waals surface area (Å²) in [5, 5.41) is 90.0. The lowest BCUT2D eigenvalue weighted by Crippen LogP contribution is -2.13. The highest BCUT2D eigenvalue weighted by Crippen LogP contribution is 2.42. The first-order valence-electron chi connectivity index (χ1n) is 13.8. The van der Waals surface area contributed by atoms with Gasteiger partial charge in [-0.2, -0.15) is 0 Å². The van der Waals surface area contributed by atoms with Crippen molar-refractivity contribution in [3.05, 3.63) is 95.3 Å². The lowest BCUT2D eigenvalue weighted by molar-refractivity contribution is 0.0701. The molecule has 0 spiro atoms. The van der Waals surface area contributed by atoms with E-state index in [4.69, 9.17) is 18.9 Å². The highest BCUT2D eigenvalue weighted by molar-refractivity contribution is 5.97. The predicted octanol–water partition coefficient (Wildman–Crippen LogP) is 3.31. The van der Waals surface area contributed by atoms with Crippen LogP contribution in [0, 0.1) is 0 Å². The molecule has 0 aliphatic rings. The number of ether oxygens (including phenoxy) is 4.